The van der Waals surface area contributed by atoms with E-state index in [0.717, 1.165) is 31.2 Å². The topological polar surface area (TPSA) is 106 Å². The fraction of sp³-hybridized carbons (Fsp3) is 0.583. The van der Waals surface area contributed by atoms with E-state index >= 15 is 0 Å². The summed E-state index contributed by atoms with van der Waals surface area (Å²) in [6, 6.07) is 8.12. The molecule has 32 heavy (non-hydrogen) atoms. The molecule has 2 N–H and O–H groups in total. The Morgan fingerprint density at radius 2 is 1.91 bits per heavy atom. The Morgan fingerprint density at radius 3 is 2.53 bits per heavy atom. The first-order chi connectivity index (χ1) is 15.3. The van der Waals surface area contributed by atoms with Crippen molar-refractivity contribution >= 4 is 11.9 Å². The maximum Gasteiger partial charge on any atom is 0.329 e. The molecule has 1 aliphatic rings. The predicted molar refractivity (Wildman–Crippen MR) is 120 cm³/mol. The quantitative estimate of drug-likeness (QED) is 0.578. The summed E-state index contributed by atoms with van der Waals surface area (Å²) in [5.41, 5.74) is 1.07. The highest BCUT2D eigenvalue weighted by Crippen LogP contribution is 2.30. The molecule has 1 aromatic carbocycles. The molecule has 0 saturated heterocycles. The summed E-state index contributed by atoms with van der Waals surface area (Å²) in [6.45, 7) is 5.77. The second-order valence-electron chi connectivity index (χ2n) is 9.53. The number of aromatic nitrogens is 3. The number of benzene rings is 1. The molecule has 0 spiro atoms. The van der Waals surface area contributed by atoms with Crippen LogP contribution in [-0.4, -0.2) is 50.7 Å². The summed E-state index contributed by atoms with van der Waals surface area (Å²) >= 11 is 0. The van der Waals surface area contributed by atoms with Gasteiger partial charge >= 0.3 is 5.97 Å². The van der Waals surface area contributed by atoms with E-state index in [1.807, 2.05) is 51.1 Å². The monoisotopic (exact) mass is 442 g/mol. The van der Waals surface area contributed by atoms with Crippen LogP contribution >= 0.6 is 0 Å². The van der Waals surface area contributed by atoms with E-state index in [1.165, 1.54) is 4.68 Å². The zero-order chi connectivity index (χ0) is 23.1. The molecular formula is C24H34N4O4. The normalized spacial score (nSPS) is 16.5. The van der Waals surface area contributed by atoms with Gasteiger partial charge in [-0.2, -0.15) is 0 Å². The van der Waals surface area contributed by atoms with Gasteiger partial charge in [0.2, 0.25) is 5.91 Å². The van der Waals surface area contributed by atoms with Crippen LogP contribution in [0.15, 0.2) is 36.5 Å². The van der Waals surface area contributed by atoms with Crippen molar-refractivity contribution in [3.63, 3.8) is 0 Å². The molecule has 0 aliphatic heterocycles. The van der Waals surface area contributed by atoms with Crippen molar-refractivity contribution in [2.75, 3.05) is 6.61 Å². The maximum absolute atomic E-state index is 13.4. The molecule has 0 bridgehead atoms. The van der Waals surface area contributed by atoms with Crippen molar-refractivity contribution in [3.8, 4) is 0 Å². The van der Waals surface area contributed by atoms with Gasteiger partial charge in [0.25, 0.3) is 0 Å². The van der Waals surface area contributed by atoms with Crippen molar-refractivity contribution in [2.24, 2.45) is 5.41 Å². The summed E-state index contributed by atoms with van der Waals surface area (Å²) in [5, 5.41) is 20.3. The number of esters is 1. The van der Waals surface area contributed by atoms with Crippen molar-refractivity contribution in [2.45, 2.75) is 77.5 Å². The van der Waals surface area contributed by atoms with Crippen LogP contribution in [0.5, 0.6) is 0 Å². The molecule has 0 radical (unpaired) electrons. The smallest absolute Gasteiger partial charge is 0.329 e. The number of carbonyl (C=O) groups is 2. The average molecular weight is 443 g/mol. The molecule has 1 aliphatic carbocycles. The van der Waals surface area contributed by atoms with Gasteiger partial charge < -0.3 is 15.2 Å². The van der Waals surface area contributed by atoms with Crippen LogP contribution in [0, 0.1) is 5.41 Å². The summed E-state index contributed by atoms with van der Waals surface area (Å²) in [5.74, 6) is -0.719. The van der Waals surface area contributed by atoms with Crippen LogP contribution in [-0.2, 0) is 27.2 Å². The van der Waals surface area contributed by atoms with Gasteiger partial charge in [0, 0.05) is 25.6 Å². The van der Waals surface area contributed by atoms with Crippen LogP contribution in [0.25, 0.3) is 0 Å². The number of nitrogens with one attached hydrogen (secondary N) is 1. The van der Waals surface area contributed by atoms with Gasteiger partial charge in [0.15, 0.2) is 0 Å². The van der Waals surface area contributed by atoms with Crippen molar-refractivity contribution in [3.05, 3.63) is 47.8 Å². The van der Waals surface area contributed by atoms with Crippen LogP contribution in [0.2, 0.25) is 0 Å². The Balaban J connectivity index is 1.80. The summed E-state index contributed by atoms with van der Waals surface area (Å²) < 4.78 is 7.25. The van der Waals surface area contributed by atoms with Crippen molar-refractivity contribution in [1.29, 1.82) is 0 Å². The van der Waals surface area contributed by atoms with E-state index in [1.54, 1.807) is 6.20 Å². The summed E-state index contributed by atoms with van der Waals surface area (Å²) in [7, 11) is 0. The molecule has 1 heterocycles. The molecule has 8 nitrogen and oxygen atoms in total. The minimum absolute atomic E-state index is 0.0444. The fourth-order valence-corrected chi connectivity index (χ4v) is 4.13. The SMILES string of the molecule is CC(C)(C)C(C(=O)N[C@@H](Cc1ccccc1)C(=O)OC1CCCC1)n1cc(CCO)nn1. The number of carbonyl (C=O) groups excluding carboxylic acids is 2. The second-order valence-corrected chi connectivity index (χ2v) is 9.53. The lowest BCUT2D eigenvalue weighted by molar-refractivity contribution is -0.153. The molecule has 174 valence electrons. The molecule has 8 heteroatoms. The Labute approximate surface area is 189 Å². The van der Waals surface area contributed by atoms with E-state index in [2.05, 4.69) is 15.6 Å². The third-order valence-corrected chi connectivity index (χ3v) is 5.73. The van der Waals surface area contributed by atoms with Gasteiger partial charge in [-0.3, -0.25) is 4.79 Å². The van der Waals surface area contributed by atoms with Crippen molar-refractivity contribution < 1.29 is 19.4 Å². The predicted octanol–water partition coefficient (Wildman–Crippen LogP) is 2.61. The maximum atomic E-state index is 13.4. The first-order valence-electron chi connectivity index (χ1n) is 11.3. The largest absolute Gasteiger partial charge is 0.461 e. The van der Waals surface area contributed by atoms with E-state index in [9.17, 15) is 9.59 Å². The van der Waals surface area contributed by atoms with Gasteiger partial charge in [0.1, 0.15) is 18.2 Å². The Morgan fingerprint density at radius 1 is 1.22 bits per heavy atom. The van der Waals surface area contributed by atoms with Crippen molar-refractivity contribution in [1.82, 2.24) is 20.3 Å². The number of aliphatic hydroxyl groups excluding tert-OH is 1. The first-order valence-corrected chi connectivity index (χ1v) is 11.3. The van der Waals surface area contributed by atoms with E-state index in [-0.39, 0.29) is 18.6 Å². The lowest BCUT2D eigenvalue weighted by atomic mass is 9.86. The molecule has 1 amide bonds. The van der Waals surface area contributed by atoms with E-state index in [0.29, 0.717) is 18.5 Å². The standard InChI is InChI=1S/C24H34N4O4/c1-24(2,3)21(28-16-18(13-14-29)26-27-28)22(30)25-20(15-17-9-5-4-6-10-17)23(31)32-19-11-7-8-12-19/h4-6,9-10,16,19-21,29H,7-8,11-15H2,1-3H3,(H,25,30)/t20-,21?/m0/s1. The number of amides is 1. The third-order valence-electron chi connectivity index (χ3n) is 5.73. The van der Waals surface area contributed by atoms with Gasteiger partial charge in [-0.25, -0.2) is 9.48 Å². The lowest BCUT2D eigenvalue weighted by Gasteiger charge is -2.31. The molecule has 1 aromatic heterocycles. The number of rotatable bonds is 9. The highest BCUT2D eigenvalue weighted by atomic mass is 16.5. The minimum atomic E-state index is -0.796. The van der Waals surface area contributed by atoms with E-state index < -0.39 is 23.5 Å². The molecule has 1 saturated carbocycles. The molecule has 1 unspecified atom stereocenters. The van der Waals surface area contributed by atoms with Crippen LogP contribution in [0.4, 0.5) is 0 Å². The number of aliphatic hydroxyl groups is 1. The number of hydrogen-bond donors (Lipinski definition) is 2. The number of ether oxygens (including phenoxy) is 1. The first kappa shape index (κ1) is 23.9. The molecular weight excluding hydrogens is 408 g/mol. The minimum Gasteiger partial charge on any atom is -0.461 e. The molecule has 2 aromatic rings. The van der Waals surface area contributed by atoms with Crippen LogP contribution in [0.1, 0.15) is 63.8 Å². The zero-order valence-electron chi connectivity index (χ0n) is 19.2. The molecule has 2 atom stereocenters. The number of hydrogen-bond acceptors (Lipinski definition) is 6. The average Bonchev–Trinajstić information content (AvgIpc) is 3.40. The zero-order valence-corrected chi connectivity index (χ0v) is 19.2. The number of nitrogens with zero attached hydrogens (tertiary/aromatic N) is 3. The summed E-state index contributed by atoms with van der Waals surface area (Å²) in [4.78, 5) is 26.5. The third kappa shape index (κ3) is 6.38. The van der Waals surface area contributed by atoms with Gasteiger partial charge in [0.05, 0.1) is 5.69 Å². The molecule has 1 fully saturated rings. The van der Waals surface area contributed by atoms with Gasteiger partial charge in [-0.1, -0.05) is 56.3 Å². The van der Waals surface area contributed by atoms with Gasteiger partial charge in [-0.05, 0) is 36.7 Å². The molecule has 3 rings (SSSR count). The van der Waals surface area contributed by atoms with Crippen LogP contribution < -0.4 is 5.32 Å². The highest BCUT2D eigenvalue weighted by Gasteiger charge is 2.37. The fourth-order valence-electron chi connectivity index (χ4n) is 4.13. The van der Waals surface area contributed by atoms with Gasteiger partial charge in [-0.15, -0.1) is 5.10 Å². The highest BCUT2D eigenvalue weighted by molar-refractivity contribution is 5.87. The Hall–Kier alpha value is -2.74. The summed E-state index contributed by atoms with van der Waals surface area (Å²) in [6.07, 6.45) is 6.17. The Bertz CT molecular complexity index is 885. The van der Waals surface area contributed by atoms with E-state index in [4.69, 9.17) is 9.84 Å². The van der Waals surface area contributed by atoms with Crippen LogP contribution in [0.3, 0.4) is 0 Å². The second kappa shape index (κ2) is 10.7. The lowest BCUT2D eigenvalue weighted by Crippen LogP contribution is -2.49. The Kier molecular flexibility index (Phi) is 8.01.